The standard InChI is InChI=1S/C38H78O7/c1-4-7-10-13-16-19-22-25-28-31-42-38(37(34-39,35-40)36-41,43-32-29-26-23-20-17-14-11-8-5-2)45-44-33-30-27-24-21-18-15-12-9-6-3/h39-41H,4-36H2,1-3H3. The fourth-order valence-corrected chi connectivity index (χ4v) is 5.75. The molecule has 0 atom stereocenters. The average Bonchev–Trinajstić information content (AvgIpc) is 3.06. The molecule has 0 fully saturated rings. The van der Waals surface area contributed by atoms with Crippen molar-refractivity contribution in [1.29, 1.82) is 0 Å². The Morgan fingerprint density at radius 1 is 0.356 bits per heavy atom. The van der Waals surface area contributed by atoms with E-state index in [1.807, 2.05) is 0 Å². The van der Waals surface area contributed by atoms with Gasteiger partial charge in [-0.25, -0.2) is 4.89 Å². The van der Waals surface area contributed by atoms with Crippen molar-refractivity contribution in [1.82, 2.24) is 0 Å². The number of ether oxygens (including phenoxy) is 2. The fraction of sp³-hybridized carbons (Fsp3) is 1.00. The number of aliphatic hydroxyl groups excluding tert-OH is 3. The average molecular weight is 647 g/mol. The van der Waals surface area contributed by atoms with Gasteiger partial charge in [0.2, 0.25) is 0 Å². The van der Waals surface area contributed by atoms with Crippen LogP contribution < -0.4 is 0 Å². The summed E-state index contributed by atoms with van der Waals surface area (Å²) in [6.45, 7) is 6.07. The molecule has 0 bridgehead atoms. The summed E-state index contributed by atoms with van der Waals surface area (Å²) in [5.41, 5.74) is -1.57. The maximum Gasteiger partial charge on any atom is 0.324 e. The molecule has 0 aliphatic rings. The third kappa shape index (κ3) is 22.8. The number of aliphatic hydroxyl groups is 3. The summed E-state index contributed by atoms with van der Waals surface area (Å²) < 4.78 is 12.5. The molecule has 0 aliphatic heterocycles. The second-order valence-corrected chi connectivity index (χ2v) is 13.4. The van der Waals surface area contributed by atoms with Crippen molar-refractivity contribution in [3.63, 3.8) is 0 Å². The Labute approximate surface area is 279 Å². The molecule has 0 radical (unpaired) electrons. The molecule has 0 unspecified atom stereocenters. The SMILES string of the molecule is CCCCCCCCCCCOOC(OCCCCCCCCCCC)(OCCCCCCCCCCC)C(CO)(CO)CO. The summed E-state index contributed by atoms with van der Waals surface area (Å²) in [7, 11) is 0. The van der Waals surface area contributed by atoms with E-state index in [0.29, 0.717) is 19.8 Å². The number of rotatable bonds is 38. The normalized spacial score (nSPS) is 12.4. The van der Waals surface area contributed by atoms with E-state index in [1.54, 1.807) is 0 Å². The molecule has 0 aromatic heterocycles. The molecule has 7 heteroatoms. The van der Waals surface area contributed by atoms with Crippen molar-refractivity contribution < 1.29 is 34.6 Å². The van der Waals surface area contributed by atoms with E-state index >= 15 is 0 Å². The van der Waals surface area contributed by atoms with Gasteiger partial charge in [0.15, 0.2) is 0 Å². The van der Waals surface area contributed by atoms with Crippen molar-refractivity contribution in [2.45, 2.75) is 200 Å². The number of hydrogen-bond acceptors (Lipinski definition) is 7. The van der Waals surface area contributed by atoms with E-state index < -0.39 is 31.2 Å². The first-order valence-electron chi connectivity index (χ1n) is 19.5. The van der Waals surface area contributed by atoms with E-state index in [9.17, 15) is 15.3 Å². The lowest BCUT2D eigenvalue weighted by Crippen LogP contribution is -2.60. The molecule has 0 spiro atoms. The predicted molar refractivity (Wildman–Crippen MR) is 187 cm³/mol. The lowest BCUT2D eigenvalue weighted by molar-refractivity contribution is -0.544. The second-order valence-electron chi connectivity index (χ2n) is 13.4. The fourth-order valence-electron chi connectivity index (χ4n) is 5.75. The molecule has 0 aromatic carbocycles. The second kappa shape index (κ2) is 33.6. The van der Waals surface area contributed by atoms with Crippen LogP contribution >= 0.6 is 0 Å². The zero-order chi connectivity index (χ0) is 33.2. The van der Waals surface area contributed by atoms with Gasteiger partial charge in [0, 0.05) is 0 Å². The summed E-state index contributed by atoms with van der Waals surface area (Å²) >= 11 is 0. The smallest absolute Gasteiger partial charge is 0.324 e. The van der Waals surface area contributed by atoms with Crippen LogP contribution in [0.5, 0.6) is 0 Å². The maximum absolute atomic E-state index is 10.4. The third-order valence-corrected chi connectivity index (χ3v) is 9.14. The van der Waals surface area contributed by atoms with Crippen LogP contribution in [0, 0.1) is 5.41 Å². The van der Waals surface area contributed by atoms with Crippen molar-refractivity contribution in [3.8, 4) is 0 Å². The maximum atomic E-state index is 10.4. The van der Waals surface area contributed by atoms with E-state index in [1.165, 1.54) is 122 Å². The van der Waals surface area contributed by atoms with Gasteiger partial charge in [-0.3, -0.25) is 0 Å². The molecular weight excluding hydrogens is 568 g/mol. The Balaban J connectivity index is 4.98. The number of hydrogen-bond donors (Lipinski definition) is 3. The van der Waals surface area contributed by atoms with Crippen LogP contribution in [0.15, 0.2) is 0 Å². The molecule has 7 nitrogen and oxygen atoms in total. The zero-order valence-electron chi connectivity index (χ0n) is 30.3. The molecule has 0 aliphatic carbocycles. The van der Waals surface area contributed by atoms with Gasteiger partial charge < -0.3 is 24.8 Å². The first kappa shape index (κ1) is 44.7. The van der Waals surface area contributed by atoms with Crippen LogP contribution in [0.4, 0.5) is 0 Å². The zero-order valence-corrected chi connectivity index (χ0v) is 30.3. The first-order valence-corrected chi connectivity index (χ1v) is 19.5. The summed E-state index contributed by atoms with van der Waals surface area (Å²) in [4.78, 5) is 11.6. The van der Waals surface area contributed by atoms with E-state index in [4.69, 9.17) is 19.2 Å². The highest BCUT2D eigenvalue weighted by Crippen LogP contribution is 2.38. The van der Waals surface area contributed by atoms with Crippen molar-refractivity contribution >= 4 is 0 Å². The molecular formula is C38H78O7. The minimum atomic E-state index is -1.88. The van der Waals surface area contributed by atoms with Gasteiger partial charge in [0.25, 0.3) is 0 Å². The molecule has 0 saturated heterocycles. The quantitative estimate of drug-likeness (QED) is 0.0266. The van der Waals surface area contributed by atoms with Gasteiger partial charge in [-0.15, -0.1) is 0 Å². The monoisotopic (exact) mass is 647 g/mol. The van der Waals surface area contributed by atoms with Crippen molar-refractivity contribution in [2.75, 3.05) is 39.6 Å². The Bertz CT molecular complexity index is 538. The highest BCUT2D eigenvalue weighted by molar-refractivity contribution is 4.87. The highest BCUT2D eigenvalue weighted by atomic mass is 17.3. The predicted octanol–water partition coefficient (Wildman–Crippen LogP) is 10.2. The molecule has 0 saturated carbocycles. The van der Waals surface area contributed by atoms with Gasteiger partial charge >= 0.3 is 5.97 Å². The summed E-state index contributed by atoms with van der Waals surface area (Å²) in [5.74, 6) is -1.88. The van der Waals surface area contributed by atoms with Gasteiger partial charge in [0.05, 0.1) is 39.6 Å². The molecule has 0 amide bonds. The molecule has 0 rings (SSSR count). The minimum Gasteiger partial charge on any atom is -0.395 e. The van der Waals surface area contributed by atoms with Gasteiger partial charge in [-0.2, -0.15) is 4.89 Å². The molecule has 45 heavy (non-hydrogen) atoms. The molecule has 0 heterocycles. The highest BCUT2D eigenvalue weighted by Gasteiger charge is 2.57. The largest absolute Gasteiger partial charge is 0.395 e. The van der Waals surface area contributed by atoms with Crippen LogP contribution in [-0.4, -0.2) is 60.9 Å². The lowest BCUT2D eigenvalue weighted by Gasteiger charge is -2.44. The third-order valence-electron chi connectivity index (χ3n) is 9.14. The molecule has 0 aromatic rings. The summed E-state index contributed by atoms with van der Waals surface area (Å²) in [6.07, 6.45) is 32.1. The Morgan fingerprint density at radius 2 is 0.622 bits per heavy atom. The van der Waals surface area contributed by atoms with Gasteiger partial charge in [-0.05, 0) is 19.3 Å². The minimum absolute atomic E-state index is 0.330. The van der Waals surface area contributed by atoms with Crippen LogP contribution in [0.1, 0.15) is 194 Å². The summed E-state index contributed by atoms with van der Waals surface area (Å²) in [5, 5.41) is 31.2. The van der Waals surface area contributed by atoms with Gasteiger partial charge in [0.1, 0.15) is 5.41 Å². The Hall–Kier alpha value is -0.280. The van der Waals surface area contributed by atoms with E-state index in [0.717, 1.165) is 51.4 Å². The van der Waals surface area contributed by atoms with E-state index in [2.05, 4.69) is 20.8 Å². The van der Waals surface area contributed by atoms with Crippen LogP contribution in [0.3, 0.4) is 0 Å². The van der Waals surface area contributed by atoms with Crippen LogP contribution in [-0.2, 0) is 19.2 Å². The lowest BCUT2D eigenvalue weighted by atomic mass is 9.87. The topological polar surface area (TPSA) is 97.6 Å². The van der Waals surface area contributed by atoms with Gasteiger partial charge in [-0.1, -0.05) is 175 Å². The molecule has 3 N–H and O–H groups in total. The van der Waals surface area contributed by atoms with Crippen LogP contribution in [0.25, 0.3) is 0 Å². The summed E-state index contributed by atoms with van der Waals surface area (Å²) in [6, 6.07) is 0. The van der Waals surface area contributed by atoms with Crippen LogP contribution in [0.2, 0.25) is 0 Å². The molecule has 272 valence electrons. The Morgan fingerprint density at radius 3 is 0.911 bits per heavy atom. The van der Waals surface area contributed by atoms with Crippen molar-refractivity contribution in [3.05, 3.63) is 0 Å². The van der Waals surface area contributed by atoms with Crippen molar-refractivity contribution in [2.24, 2.45) is 5.41 Å². The first-order chi connectivity index (χ1) is 22.1. The van der Waals surface area contributed by atoms with E-state index in [-0.39, 0.29) is 0 Å². The Kier molecular flexibility index (Phi) is 33.4. The number of unbranched alkanes of at least 4 members (excludes halogenated alkanes) is 24.